The van der Waals surface area contributed by atoms with E-state index in [1.54, 1.807) is 0 Å². The highest BCUT2D eigenvalue weighted by atomic mass is 127. The summed E-state index contributed by atoms with van der Waals surface area (Å²) in [5.74, 6) is 5.03. The zero-order chi connectivity index (χ0) is 16.7. The van der Waals surface area contributed by atoms with E-state index < -0.39 is 0 Å². The second kappa shape index (κ2) is 10.5. The fourth-order valence-corrected chi connectivity index (χ4v) is 2.80. The van der Waals surface area contributed by atoms with E-state index in [2.05, 4.69) is 43.6 Å². The van der Waals surface area contributed by atoms with Crippen molar-refractivity contribution in [2.45, 2.75) is 39.3 Å². The number of nitrogens with one attached hydrogen (secondary N) is 2. The molecule has 7 nitrogen and oxygen atoms in total. The highest BCUT2D eigenvalue weighted by Gasteiger charge is 2.22. The molecule has 134 valence electrons. The van der Waals surface area contributed by atoms with Crippen LogP contribution in [0.2, 0.25) is 0 Å². The predicted octanol–water partition coefficient (Wildman–Crippen LogP) is 0.894. The van der Waals surface area contributed by atoms with Crippen molar-refractivity contribution in [3.05, 3.63) is 11.6 Å². The molecular weight excluding hydrogens is 417 g/mol. The summed E-state index contributed by atoms with van der Waals surface area (Å²) in [5, 5.41) is 14.7. The Hall–Kier alpha value is -1.34. The minimum absolute atomic E-state index is 0. The molecule has 0 aliphatic carbocycles. The van der Waals surface area contributed by atoms with Crippen molar-refractivity contribution in [2.24, 2.45) is 12.0 Å². The van der Waals surface area contributed by atoms with E-state index in [0.29, 0.717) is 19.1 Å². The third-order valence-corrected chi connectivity index (χ3v) is 4.33. The number of guanidine groups is 1. The van der Waals surface area contributed by atoms with Crippen molar-refractivity contribution in [1.82, 2.24) is 30.3 Å². The van der Waals surface area contributed by atoms with Crippen LogP contribution in [0.25, 0.3) is 0 Å². The quantitative estimate of drug-likeness (QED) is 0.295. The van der Waals surface area contributed by atoms with Gasteiger partial charge in [0.25, 0.3) is 0 Å². The third-order valence-electron chi connectivity index (χ3n) is 4.33. The minimum atomic E-state index is 0. The molecule has 0 aromatic carbocycles. The number of likely N-dealkylation sites (N-methyl/N-ethyl adjacent to an activating group) is 1. The van der Waals surface area contributed by atoms with Gasteiger partial charge in [-0.05, 0) is 32.9 Å². The average molecular weight is 445 g/mol. The van der Waals surface area contributed by atoms with Crippen LogP contribution in [-0.4, -0.2) is 57.8 Å². The van der Waals surface area contributed by atoms with Crippen molar-refractivity contribution >= 4 is 29.9 Å². The molecule has 1 aliphatic heterocycles. The number of aromatic nitrogens is 3. The van der Waals surface area contributed by atoms with Gasteiger partial charge >= 0.3 is 0 Å². The van der Waals surface area contributed by atoms with Crippen molar-refractivity contribution in [2.75, 3.05) is 26.2 Å². The Morgan fingerprint density at radius 1 is 1.42 bits per heavy atom. The molecule has 2 rings (SSSR count). The molecule has 0 amide bonds. The van der Waals surface area contributed by atoms with Gasteiger partial charge < -0.3 is 15.2 Å². The topological polar surface area (TPSA) is 70.4 Å². The van der Waals surface area contributed by atoms with E-state index in [1.165, 1.54) is 19.4 Å². The summed E-state index contributed by atoms with van der Waals surface area (Å²) in [6, 6.07) is 0.565. The van der Waals surface area contributed by atoms with Crippen LogP contribution in [0.15, 0.2) is 4.99 Å². The largest absolute Gasteiger partial charge is 0.355 e. The van der Waals surface area contributed by atoms with E-state index in [-0.39, 0.29) is 24.0 Å². The minimum Gasteiger partial charge on any atom is -0.355 e. The molecule has 0 bridgehead atoms. The second-order valence-electron chi connectivity index (χ2n) is 5.75. The summed E-state index contributed by atoms with van der Waals surface area (Å²) in [7, 11) is 1.94. The normalized spacial score (nSPS) is 18.1. The fraction of sp³-hybridized carbons (Fsp3) is 0.688. The molecule has 1 saturated heterocycles. The van der Waals surface area contributed by atoms with Gasteiger partial charge in [-0.15, -0.1) is 40.6 Å². The number of nitrogens with zero attached hydrogens (tertiary/aromatic N) is 5. The number of likely N-dealkylation sites (tertiary alicyclic amines) is 1. The van der Waals surface area contributed by atoms with E-state index in [0.717, 1.165) is 30.7 Å². The standard InChI is InChI=1S/C16H27N7.HI/c1-5-9-17-16(18-11-14-8-7-10-23(14)6-2)19-12-15-21-20-13(3)22(15)4;/h1,14H,6-12H2,2-4H3,(H2,17,18,19);1H. The predicted molar refractivity (Wildman–Crippen MR) is 107 cm³/mol. The van der Waals surface area contributed by atoms with Gasteiger partial charge in [0.05, 0.1) is 6.54 Å². The van der Waals surface area contributed by atoms with Crippen LogP contribution in [0.3, 0.4) is 0 Å². The van der Waals surface area contributed by atoms with Gasteiger partial charge in [-0.1, -0.05) is 12.8 Å². The Morgan fingerprint density at radius 2 is 2.21 bits per heavy atom. The maximum Gasteiger partial charge on any atom is 0.192 e. The van der Waals surface area contributed by atoms with Crippen molar-refractivity contribution in [1.29, 1.82) is 0 Å². The third kappa shape index (κ3) is 5.63. The number of terminal acetylenes is 1. The number of hydrogen-bond acceptors (Lipinski definition) is 4. The Kier molecular flexibility index (Phi) is 9.07. The van der Waals surface area contributed by atoms with E-state index in [1.807, 2.05) is 18.5 Å². The van der Waals surface area contributed by atoms with Gasteiger partial charge in [-0.3, -0.25) is 4.90 Å². The maximum atomic E-state index is 5.34. The lowest BCUT2D eigenvalue weighted by molar-refractivity contribution is 0.267. The summed E-state index contributed by atoms with van der Waals surface area (Å²) in [6.45, 7) is 8.21. The van der Waals surface area contributed by atoms with Gasteiger partial charge in [-0.25, -0.2) is 4.99 Å². The molecule has 2 N–H and O–H groups in total. The Labute approximate surface area is 161 Å². The lowest BCUT2D eigenvalue weighted by atomic mass is 10.2. The first kappa shape index (κ1) is 20.7. The number of aliphatic imine (C=N–C) groups is 1. The zero-order valence-corrected chi connectivity index (χ0v) is 17.1. The highest BCUT2D eigenvalue weighted by molar-refractivity contribution is 14.0. The number of hydrogen-bond donors (Lipinski definition) is 2. The first-order chi connectivity index (χ1) is 11.2. The van der Waals surface area contributed by atoms with Crippen molar-refractivity contribution < 1.29 is 0 Å². The molecule has 1 atom stereocenters. The summed E-state index contributed by atoms with van der Waals surface area (Å²) in [4.78, 5) is 7.07. The molecule has 1 unspecified atom stereocenters. The Balaban J connectivity index is 0.00000288. The molecule has 1 fully saturated rings. The maximum absolute atomic E-state index is 5.34. The van der Waals surface area contributed by atoms with Crippen molar-refractivity contribution in [3.63, 3.8) is 0 Å². The van der Waals surface area contributed by atoms with Crippen LogP contribution in [0.1, 0.15) is 31.4 Å². The van der Waals surface area contributed by atoms with Crippen LogP contribution < -0.4 is 10.6 Å². The fourth-order valence-electron chi connectivity index (χ4n) is 2.80. The highest BCUT2D eigenvalue weighted by Crippen LogP contribution is 2.15. The lowest BCUT2D eigenvalue weighted by Crippen LogP contribution is -2.45. The molecule has 1 aliphatic rings. The van der Waals surface area contributed by atoms with E-state index in [4.69, 9.17) is 6.42 Å². The Bertz CT molecular complexity index is 575. The van der Waals surface area contributed by atoms with Gasteiger partial charge in [0.2, 0.25) is 0 Å². The van der Waals surface area contributed by atoms with Gasteiger partial charge in [0.15, 0.2) is 11.8 Å². The first-order valence-electron chi connectivity index (χ1n) is 8.20. The van der Waals surface area contributed by atoms with Crippen LogP contribution >= 0.6 is 24.0 Å². The molecule has 0 saturated carbocycles. The molecule has 1 aromatic heterocycles. The molecule has 8 heteroatoms. The molecule has 24 heavy (non-hydrogen) atoms. The summed E-state index contributed by atoms with van der Waals surface area (Å²) in [6.07, 6.45) is 7.84. The molecule has 2 heterocycles. The number of aryl methyl sites for hydroxylation is 1. The molecule has 1 aromatic rings. The van der Waals surface area contributed by atoms with Crippen LogP contribution in [-0.2, 0) is 13.6 Å². The monoisotopic (exact) mass is 445 g/mol. The van der Waals surface area contributed by atoms with Crippen LogP contribution in [0.4, 0.5) is 0 Å². The Morgan fingerprint density at radius 3 is 2.83 bits per heavy atom. The van der Waals surface area contributed by atoms with Crippen LogP contribution in [0.5, 0.6) is 0 Å². The average Bonchev–Trinajstić information content (AvgIpc) is 3.14. The van der Waals surface area contributed by atoms with Crippen molar-refractivity contribution in [3.8, 4) is 12.3 Å². The van der Waals surface area contributed by atoms with E-state index >= 15 is 0 Å². The number of rotatable bonds is 6. The summed E-state index contributed by atoms with van der Waals surface area (Å²) < 4.78 is 1.94. The van der Waals surface area contributed by atoms with E-state index in [9.17, 15) is 0 Å². The zero-order valence-electron chi connectivity index (χ0n) is 14.7. The molecular formula is C16H28IN7. The molecule has 0 spiro atoms. The summed E-state index contributed by atoms with van der Waals surface area (Å²) >= 11 is 0. The number of halogens is 1. The van der Waals surface area contributed by atoms with Crippen LogP contribution in [0, 0.1) is 19.3 Å². The lowest BCUT2D eigenvalue weighted by Gasteiger charge is -2.23. The summed E-state index contributed by atoms with van der Waals surface area (Å²) in [5.41, 5.74) is 0. The van der Waals surface area contributed by atoms with Gasteiger partial charge in [-0.2, -0.15) is 0 Å². The second-order valence-corrected chi connectivity index (χ2v) is 5.75. The first-order valence-corrected chi connectivity index (χ1v) is 8.20. The smallest absolute Gasteiger partial charge is 0.192 e. The van der Waals surface area contributed by atoms with Gasteiger partial charge in [0, 0.05) is 19.6 Å². The van der Waals surface area contributed by atoms with Gasteiger partial charge in [0.1, 0.15) is 12.4 Å². The SMILES string of the molecule is C#CCNC(=NCc1nnc(C)n1C)NCC1CCCN1CC.I. The molecule has 0 radical (unpaired) electrons.